The molecular formula is C26H40O9. The normalized spacial score (nSPS) is 20.9. The van der Waals surface area contributed by atoms with Gasteiger partial charge in [-0.2, -0.15) is 0 Å². The van der Waals surface area contributed by atoms with Gasteiger partial charge in [0.05, 0.1) is 33.0 Å². The number of carbonyl (C=O) groups excluding carboxylic acids is 2. The van der Waals surface area contributed by atoms with Crippen LogP contribution in [0.15, 0.2) is 12.1 Å². The molecule has 198 valence electrons. The van der Waals surface area contributed by atoms with Gasteiger partial charge in [0.2, 0.25) is 0 Å². The minimum absolute atomic E-state index is 0.0196. The van der Waals surface area contributed by atoms with Crippen molar-refractivity contribution in [2.75, 3.05) is 59.5 Å². The Balaban J connectivity index is 2.25. The van der Waals surface area contributed by atoms with E-state index in [0.29, 0.717) is 0 Å². The van der Waals surface area contributed by atoms with E-state index in [1.807, 2.05) is 53.7 Å². The van der Waals surface area contributed by atoms with Crippen LogP contribution in [-0.4, -0.2) is 76.5 Å². The Hall–Kier alpha value is -2.20. The molecule has 0 spiro atoms. The van der Waals surface area contributed by atoms with E-state index in [0.717, 1.165) is 16.7 Å². The van der Waals surface area contributed by atoms with Crippen molar-refractivity contribution >= 4 is 11.9 Å². The van der Waals surface area contributed by atoms with Crippen molar-refractivity contribution in [2.24, 2.45) is 0 Å². The number of aromatic hydroxyl groups is 1. The van der Waals surface area contributed by atoms with Gasteiger partial charge in [-0.05, 0) is 39.7 Å². The standard InChI is InChI=1S/C26H40O9/c1-25(2,3)19-13-18(14-20(24(19)29)26(4,5)6)21-15-35-23(28)17-32-8-7-31-16-22(27)34-12-10-30-9-11-33-21/h13-14,21,29H,7-12,15-17H2,1-6H3/t21-/m0/s1. The predicted molar refractivity (Wildman–Crippen MR) is 129 cm³/mol. The van der Waals surface area contributed by atoms with Crippen LogP contribution in [0.2, 0.25) is 0 Å². The van der Waals surface area contributed by atoms with Gasteiger partial charge in [0, 0.05) is 0 Å². The summed E-state index contributed by atoms with van der Waals surface area (Å²) in [7, 11) is 0. The van der Waals surface area contributed by atoms with Crippen LogP contribution in [0, 0.1) is 0 Å². The van der Waals surface area contributed by atoms with Crippen LogP contribution >= 0.6 is 0 Å². The van der Waals surface area contributed by atoms with Gasteiger partial charge in [0.1, 0.15) is 38.3 Å². The van der Waals surface area contributed by atoms with Crippen molar-refractivity contribution in [3.63, 3.8) is 0 Å². The lowest BCUT2D eigenvalue weighted by molar-refractivity contribution is -0.157. The zero-order valence-electron chi connectivity index (χ0n) is 21.8. The number of phenolic OH excluding ortho intramolecular Hbond substituents is 1. The molecule has 1 atom stereocenters. The summed E-state index contributed by atoms with van der Waals surface area (Å²) in [6.45, 7) is 12.8. The third-order valence-corrected chi connectivity index (χ3v) is 5.37. The van der Waals surface area contributed by atoms with Crippen molar-refractivity contribution in [1.82, 2.24) is 0 Å². The molecule has 1 saturated heterocycles. The number of carbonyl (C=O) groups is 2. The molecule has 9 nitrogen and oxygen atoms in total. The number of phenols is 1. The summed E-state index contributed by atoms with van der Waals surface area (Å²) < 4.78 is 32.5. The van der Waals surface area contributed by atoms with Crippen LogP contribution in [-0.2, 0) is 48.8 Å². The Labute approximate surface area is 208 Å². The molecular weight excluding hydrogens is 456 g/mol. The largest absolute Gasteiger partial charge is 0.507 e. The first-order valence-electron chi connectivity index (χ1n) is 11.9. The second-order valence-electron chi connectivity index (χ2n) is 10.4. The quantitative estimate of drug-likeness (QED) is 0.586. The molecule has 0 aromatic heterocycles. The number of ether oxygens (including phenoxy) is 6. The topological polar surface area (TPSA) is 110 Å². The maximum Gasteiger partial charge on any atom is 0.332 e. The van der Waals surface area contributed by atoms with Crippen molar-refractivity contribution in [3.8, 4) is 5.75 Å². The summed E-state index contributed by atoms with van der Waals surface area (Å²) in [5, 5.41) is 11.0. The molecule has 0 amide bonds. The fourth-order valence-corrected chi connectivity index (χ4v) is 3.47. The molecule has 1 fully saturated rings. The Kier molecular flexibility index (Phi) is 11.0. The van der Waals surface area contributed by atoms with E-state index < -0.39 is 18.0 Å². The second kappa shape index (κ2) is 13.2. The molecule has 1 aromatic rings. The average molecular weight is 497 g/mol. The molecule has 0 unspecified atom stereocenters. The number of rotatable bonds is 1. The lowest BCUT2D eigenvalue weighted by Crippen LogP contribution is -2.24. The summed E-state index contributed by atoms with van der Waals surface area (Å²) in [6, 6.07) is 3.81. The van der Waals surface area contributed by atoms with Gasteiger partial charge >= 0.3 is 11.9 Å². The number of hydrogen-bond acceptors (Lipinski definition) is 9. The van der Waals surface area contributed by atoms with E-state index in [4.69, 9.17) is 28.4 Å². The number of cyclic esters (lactones) is 2. The van der Waals surface area contributed by atoms with Gasteiger partial charge in [-0.3, -0.25) is 0 Å². The summed E-state index contributed by atoms with van der Waals surface area (Å²) in [4.78, 5) is 23.8. The predicted octanol–water partition coefficient (Wildman–Crippen LogP) is 3.19. The van der Waals surface area contributed by atoms with Gasteiger partial charge in [-0.15, -0.1) is 0 Å². The van der Waals surface area contributed by atoms with E-state index in [2.05, 4.69) is 0 Å². The average Bonchev–Trinajstić information content (AvgIpc) is 2.75. The molecule has 0 bridgehead atoms. The molecule has 1 aliphatic rings. The summed E-state index contributed by atoms with van der Waals surface area (Å²) in [5.74, 6) is -0.775. The van der Waals surface area contributed by atoms with Crippen molar-refractivity contribution in [2.45, 2.75) is 58.5 Å². The SMILES string of the molecule is CC(C)(C)c1cc([C@@H]2COC(=O)COCCOCC(=O)OCCOCCO2)cc(C(C)(C)C)c1O. The lowest BCUT2D eigenvalue weighted by Gasteiger charge is -2.30. The zero-order valence-corrected chi connectivity index (χ0v) is 21.8. The van der Waals surface area contributed by atoms with Crippen molar-refractivity contribution in [1.29, 1.82) is 0 Å². The van der Waals surface area contributed by atoms with E-state index in [9.17, 15) is 14.7 Å². The Morgan fingerprint density at radius 2 is 1.20 bits per heavy atom. The lowest BCUT2D eigenvalue weighted by atomic mass is 9.78. The third kappa shape index (κ3) is 9.76. The van der Waals surface area contributed by atoms with Crippen LogP contribution in [0.4, 0.5) is 0 Å². The molecule has 35 heavy (non-hydrogen) atoms. The molecule has 0 radical (unpaired) electrons. The fourth-order valence-electron chi connectivity index (χ4n) is 3.47. The minimum atomic E-state index is -0.578. The molecule has 0 saturated carbocycles. The highest BCUT2D eigenvalue weighted by Crippen LogP contribution is 2.41. The third-order valence-electron chi connectivity index (χ3n) is 5.37. The molecule has 1 aromatic carbocycles. The highest BCUT2D eigenvalue weighted by molar-refractivity contribution is 5.71. The number of benzene rings is 1. The Morgan fingerprint density at radius 1 is 0.714 bits per heavy atom. The Morgan fingerprint density at radius 3 is 1.74 bits per heavy atom. The summed E-state index contributed by atoms with van der Waals surface area (Å²) in [5.41, 5.74) is 1.74. The molecule has 9 heteroatoms. The highest BCUT2D eigenvalue weighted by atomic mass is 16.6. The molecule has 1 heterocycles. The molecule has 1 N–H and O–H groups in total. The van der Waals surface area contributed by atoms with Crippen LogP contribution in [0.5, 0.6) is 5.75 Å². The van der Waals surface area contributed by atoms with E-state index >= 15 is 0 Å². The maximum atomic E-state index is 12.2. The Bertz CT molecular complexity index is 801. The summed E-state index contributed by atoms with van der Waals surface area (Å²) in [6.07, 6.45) is -0.578. The van der Waals surface area contributed by atoms with Crippen LogP contribution in [0.25, 0.3) is 0 Å². The van der Waals surface area contributed by atoms with E-state index in [-0.39, 0.29) is 76.0 Å². The van der Waals surface area contributed by atoms with E-state index in [1.54, 1.807) is 0 Å². The first-order valence-corrected chi connectivity index (χ1v) is 11.9. The molecule has 2 rings (SSSR count). The maximum absolute atomic E-state index is 12.2. The molecule has 1 aliphatic heterocycles. The molecule has 0 aliphatic carbocycles. The van der Waals surface area contributed by atoms with Crippen molar-refractivity contribution in [3.05, 3.63) is 28.8 Å². The van der Waals surface area contributed by atoms with E-state index in [1.165, 1.54) is 0 Å². The first kappa shape index (κ1) is 29.0. The van der Waals surface area contributed by atoms with Crippen LogP contribution in [0.1, 0.15) is 64.3 Å². The van der Waals surface area contributed by atoms with Crippen LogP contribution < -0.4 is 0 Å². The van der Waals surface area contributed by atoms with Crippen LogP contribution in [0.3, 0.4) is 0 Å². The smallest absolute Gasteiger partial charge is 0.332 e. The fraction of sp³-hybridized carbons (Fsp3) is 0.692. The highest BCUT2D eigenvalue weighted by Gasteiger charge is 2.29. The van der Waals surface area contributed by atoms with Gasteiger partial charge in [-0.1, -0.05) is 41.5 Å². The second-order valence-corrected chi connectivity index (χ2v) is 10.4. The first-order chi connectivity index (χ1) is 16.4. The number of esters is 2. The van der Waals surface area contributed by atoms with Gasteiger partial charge in [0.25, 0.3) is 0 Å². The van der Waals surface area contributed by atoms with Crippen molar-refractivity contribution < 1.29 is 43.1 Å². The monoisotopic (exact) mass is 496 g/mol. The van der Waals surface area contributed by atoms with Gasteiger partial charge < -0.3 is 33.5 Å². The number of hydrogen-bond donors (Lipinski definition) is 1. The zero-order chi connectivity index (χ0) is 26.1. The van der Waals surface area contributed by atoms with Gasteiger partial charge in [0.15, 0.2) is 0 Å². The minimum Gasteiger partial charge on any atom is -0.507 e. The summed E-state index contributed by atoms with van der Waals surface area (Å²) >= 11 is 0. The van der Waals surface area contributed by atoms with Gasteiger partial charge in [-0.25, -0.2) is 9.59 Å².